The van der Waals surface area contributed by atoms with Crippen molar-refractivity contribution in [3.8, 4) is 5.75 Å². The number of carbonyl (C=O) groups is 1. The van der Waals surface area contributed by atoms with E-state index in [2.05, 4.69) is 5.32 Å². The lowest BCUT2D eigenvalue weighted by molar-refractivity contribution is -0.116. The second-order valence-electron chi connectivity index (χ2n) is 5.40. The smallest absolute Gasteiger partial charge is 0.244 e. The fourth-order valence-electron chi connectivity index (χ4n) is 2.47. The van der Waals surface area contributed by atoms with Crippen LogP contribution in [0.3, 0.4) is 0 Å². The van der Waals surface area contributed by atoms with Gasteiger partial charge in [-0.25, -0.2) is 0 Å². The van der Waals surface area contributed by atoms with Crippen molar-refractivity contribution in [1.82, 2.24) is 5.32 Å². The summed E-state index contributed by atoms with van der Waals surface area (Å²) in [5.74, 6) is 0.648. The number of benzene rings is 2. The van der Waals surface area contributed by atoms with Gasteiger partial charge in [0.2, 0.25) is 5.91 Å². The maximum absolute atomic E-state index is 12.2. The van der Waals surface area contributed by atoms with Crippen LogP contribution in [-0.4, -0.2) is 18.1 Å². The molecule has 4 nitrogen and oxygen atoms in total. The third-order valence-electron chi connectivity index (χ3n) is 3.89. The minimum Gasteiger partial charge on any atom is -0.497 e. The molecular weight excluding hydrogens is 302 g/mol. The van der Waals surface area contributed by atoms with Crippen molar-refractivity contribution < 1.29 is 14.6 Å². The van der Waals surface area contributed by atoms with Crippen LogP contribution < -0.4 is 10.1 Å². The summed E-state index contributed by atoms with van der Waals surface area (Å²) in [6, 6.07) is 15.2. The van der Waals surface area contributed by atoms with Gasteiger partial charge in [-0.1, -0.05) is 43.3 Å². The summed E-state index contributed by atoms with van der Waals surface area (Å²) in [7, 11) is 1.63. The molecule has 0 radical (unpaired) electrons. The molecule has 2 aromatic rings. The summed E-state index contributed by atoms with van der Waals surface area (Å²) in [4.78, 5) is 12.2. The molecular formula is C20H23NO3. The molecule has 0 fully saturated rings. The van der Waals surface area contributed by atoms with Crippen LogP contribution in [0.2, 0.25) is 0 Å². The van der Waals surface area contributed by atoms with E-state index < -0.39 is 0 Å². The number of rotatable bonds is 7. The number of ether oxygens (including phenoxy) is 1. The first-order valence-corrected chi connectivity index (χ1v) is 7.98. The third kappa shape index (κ3) is 4.70. The highest BCUT2D eigenvalue weighted by Gasteiger charge is 2.06. The average Bonchev–Trinajstić information content (AvgIpc) is 2.64. The highest BCUT2D eigenvalue weighted by molar-refractivity contribution is 5.95. The standard InChI is InChI=1S/C20H23NO3/c1-3-15(16-8-10-19(24-2)11-9-16)12-20(23)21-13-17-6-4-5-7-18(17)14-22/h4-12,22H,3,13-14H2,1-2H3,(H,21,23)/b15-12-. The Labute approximate surface area is 142 Å². The molecule has 0 heterocycles. The normalized spacial score (nSPS) is 11.2. The van der Waals surface area contributed by atoms with E-state index in [-0.39, 0.29) is 12.5 Å². The van der Waals surface area contributed by atoms with E-state index >= 15 is 0 Å². The summed E-state index contributed by atoms with van der Waals surface area (Å²) >= 11 is 0. The second-order valence-corrected chi connectivity index (χ2v) is 5.40. The summed E-state index contributed by atoms with van der Waals surface area (Å²) in [5, 5.41) is 12.2. The van der Waals surface area contributed by atoms with Crippen molar-refractivity contribution >= 4 is 11.5 Å². The van der Waals surface area contributed by atoms with Crippen LogP contribution in [0.15, 0.2) is 54.6 Å². The summed E-state index contributed by atoms with van der Waals surface area (Å²) in [6.07, 6.45) is 2.39. The number of hydrogen-bond acceptors (Lipinski definition) is 3. The fourth-order valence-corrected chi connectivity index (χ4v) is 2.47. The average molecular weight is 325 g/mol. The molecule has 24 heavy (non-hydrogen) atoms. The van der Waals surface area contributed by atoms with E-state index in [0.717, 1.165) is 34.4 Å². The number of aliphatic hydroxyl groups is 1. The molecule has 1 amide bonds. The molecule has 0 bridgehead atoms. The van der Waals surface area contributed by atoms with Crippen molar-refractivity contribution in [3.63, 3.8) is 0 Å². The molecule has 2 rings (SSSR count). The second kappa shape index (κ2) is 8.89. The Bertz CT molecular complexity index is 705. The first-order chi connectivity index (χ1) is 11.7. The molecule has 0 unspecified atom stereocenters. The van der Waals surface area contributed by atoms with Gasteiger partial charge in [-0.15, -0.1) is 0 Å². The fraction of sp³-hybridized carbons (Fsp3) is 0.250. The SMILES string of the molecule is CC/C(=C/C(=O)NCc1ccccc1CO)c1ccc(OC)cc1. The Morgan fingerprint density at radius 1 is 1.12 bits per heavy atom. The van der Waals surface area contributed by atoms with Gasteiger partial charge >= 0.3 is 0 Å². The molecule has 126 valence electrons. The predicted octanol–water partition coefficient (Wildman–Crippen LogP) is 3.30. The van der Waals surface area contributed by atoms with Crippen molar-refractivity contribution in [1.29, 1.82) is 0 Å². The van der Waals surface area contributed by atoms with E-state index in [9.17, 15) is 9.90 Å². The van der Waals surface area contributed by atoms with Crippen molar-refractivity contribution in [2.75, 3.05) is 7.11 Å². The van der Waals surface area contributed by atoms with E-state index in [1.165, 1.54) is 0 Å². The van der Waals surface area contributed by atoms with Gasteiger partial charge < -0.3 is 15.2 Å². The Morgan fingerprint density at radius 3 is 2.38 bits per heavy atom. The van der Waals surface area contributed by atoms with Crippen LogP contribution in [-0.2, 0) is 17.9 Å². The first kappa shape index (κ1) is 17.8. The third-order valence-corrected chi connectivity index (χ3v) is 3.89. The molecule has 0 saturated carbocycles. The topological polar surface area (TPSA) is 58.6 Å². The molecule has 0 aliphatic heterocycles. The van der Waals surface area contributed by atoms with Gasteiger partial charge in [-0.3, -0.25) is 4.79 Å². The number of allylic oxidation sites excluding steroid dienone is 1. The van der Waals surface area contributed by atoms with Gasteiger partial charge in [0.1, 0.15) is 5.75 Å². The van der Waals surface area contributed by atoms with Crippen molar-refractivity contribution in [2.45, 2.75) is 26.5 Å². The maximum atomic E-state index is 12.2. The number of amides is 1. The van der Waals surface area contributed by atoms with Crippen LogP contribution in [0.25, 0.3) is 5.57 Å². The zero-order valence-electron chi connectivity index (χ0n) is 14.1. The van der Waals surface area contributed by atoms with Crippen LogP contribution in [0.5, 0.6) is 5.75 Å². The highest BCUT2D eigenvalue weighted by atomic mass is 16.5. The molecule has 0 aliphatic carbocycles. The van der Waals surface area contributed by atoms with Gasteiger partial charge in [-0.2, -0.15) is 0 Å². The molecule has 0 saturated heterocycles. The highest BCUT2D eigenvalue weighted by Crippen LogP contribution is 2.21. The molecule has 0 spiro atoms. The zero-order chi connectivity index (χ0) is 17.4. The van der Waals surface area contributed by atoms with E-state index in [0.29, 0.717) is 6.54 Å². The minimum absolute atomic E-state index is 0.0338. The monoisotopic (exact) mass is 325 g/mol. The Morgan fingerprint density at radius 2 is 1.79 bits per heavy atom. The molecule has 0 atom stereocenters. The van der Waals surface area contributed by atoms with Gasteiger partial charge in [0.25, 0.3) is 0 Å². The first-order valence-electron chi connectivity index (χ1n) is 7.98. The summed E-state index contributed by atoms with van der Waals surface area (Å²) in [6.45, 7) is 2.38. The zero-order valence-corrected chi connectivity index (χ0v) is 14.1. The number of methoxy groups -OCH3 is 1. The van der Waals surface area contributed by atoms with Crippen LogP contribution >= 0.6 is 0 Å². The Hall–Kier alpha value is -2.59. The predicted molar refractivity (Wildman–Crippen MR) is 95.5 cm³/mol. The van der Waals surface area contributed by atoms with Crippen LogP contribution in [0.1, 0.15) is 30.0 Å². The van der Waals surface area contributed by atoms with Gasteiger partial charge in [0.05, 0.1) is 13.7 Å². The van der Waals surface area contributed by atoms with Crippen molar-refractivity contribution in [2.24, 2.45) is 0 Å². The molecule has 0 aromatic heterocycles. The number of nitrogens with one attached hydrogen (secondary N) is 1. The molecule has 4 heteroatoms. The van der Waals surface area contributed by atoms with E-state index in [1.54, 1.807) is 13.2 Å². The maximum Gasteiger partial charge on any atom is 0.244 e. The molecule has 0 aliphatic rings. The minimum atomic E-state index is -0.143. The lowest BCUT2D eigenvalue weighted by atomic mass is 10.0. The lowest BCUT2D eigenvalue weighted by Gasteiger charge is -2.09. The lowest BCUT2D eigenvalue weighted by Crippen LogP contribution is -2.21. The molecule has 2 aromatic carbocycles. The Kier molecular flexibility index (Phi) is 6.58. The summed E-state index contributed by atoms with van der Waals surface area (Å²) in [5.41, 5.74) is 3.71. The van der Waals surface area contributed by atoms with E-state index in [4.69, 9.17) is 4.74 Å². The number of aliphatic hydroxyl groups excluding tert-OH is 1. The van der Waals surface area contributed by atoms with E-state index in [1.807, 2.05) is 55.5 Å². The largest absolute Gasteiger partial charge is 0.497 e. The van der Waals surface area contributed by atoms with Gasteiger partial charge in [0.15, 0.2) is 0 Å². The van der Waals surface area contributed by atoms with Gasteiger partial charge in [0, 0.05) is 12.6 Å². The molecule has 2 N–H and O–H groups in total. The van der Waals surface area contributed by atoms with Crippen LogP contribution in [0.4, 0.5) is 0 Å². The quantitative estimate of drug-likeness (QED) is 0.768. The number of carbonyl (C=O) groups excluding carboxylic acids is 1. The van der Waals surface area contributed by atoms with Crippen LogP contribution in [0, 0.1) is 0 Å². The number of hydrogen-bond donors (Lipinski definition) is 2. The Balaban J connectivity index is 2.05. The van der Waals surface area contributed by atoms with Gasteiger partial charge in [-0.05, 0) is 40.8 Å². The van der Waals surface area contributed by atoms with Crippen molar-refractivity contribution in [3.05, 3.63) is 71.3 Å². The summed E-state index contributed by atoms with van der Waals surface area (Å²) < 4.78 is 5.15.